The number of hydrogen-bond donors (Lipinski definition) is 1. The van der Waals surface area contributed by atoms with Gasteiger partial charge >= 0.3 is 0 Å². The van der Waals surface area contributed by atoms with Gasteiger partial charge in [0.05, 0.1) is 5.04 Å². The van der Waals surface area contributed by atoms with Crippen LogP contribution in [-0.4, -0.2) is 5.04 Å². The summed E-state index contributed by atoms with van der Waals surface area (Å²) in [5.74, 6) is 0. The van der Waals surface area contributed by atoms with E-state index in [0.29, 0.717) is 5.04 Å². The molecule has 0 saturated carbocycles. The molecule has 0 aromatic heterocycles. The quantitative estimate of drug-likeness (QED) is 0.458. The SMILES string of the molecule is N=C(Sc1ccccc1)c1ccccc1. The number of hydrogen-bond acceptors (Lipinski definition) is 2. The Labute approximate surface area is 93.7 Å². The van der Waals surface area contributed by atoms with Gasteiger partial charge in [-0.1, -0.05) is 60.3 Å². The highest BCUT2D eigenvalue weighted by Crippen LogP contribution is 2.21. The largest absolute Gasteiger partial charge is 0.293 e. The molecular weight excluding hydrogens is 202 g/mol. The predicted octanol–water partition coefficient (Wildman–Crippen LogP) is 3.80. The second-order valence-corrected chi connectivity index (χ2v) is 4.19. The molecule has 0 aliphatic rings. The van der Waals surface area contributed by atoms with Crippen LogP contribution in [0.3, 0.4) is 0 Å². The van der Waals surface area contributed by atoms with Gasteiger partial charge < -0.3 is 0 Å². The van der Waals surface area contributed by atoms with Gasteiger partial charge in [-0.2, -0.15) is 0 Å². The first-order valence-corrected chi connectivity index (χ1v) is 5.55. The van der Waals surface area contributed by atoms with E-state index in [1.807, 2.05) is 60.7 Å². The summed E-state index contributed by atoms with van der Waals surface area (Å²) < 4.78 is 0. The van der Waals surface area contributed by atoms with Gasteiger partial charge in [0.1, 0.15) is 0 Å². The Bertz CT molecular complexity index is 437. The van der Waals surface area contributed by atoms with Crippen molar-refractivity contribution in [1.82, 2.24) is 0 Å². The molecule has 15 heavy (non-hydrogen) atoms. The third-order valence-electron chi connectivity index (χ3n) is 2.00. The molecule has 2 aromatic rings. The normalized spacial score (nSPS) is 9.87. The maximum absolute atomic E-state index is 7.93. The average molecular weight is 213 g/mol. The van der Waals surface area contributed by atoms with Crippen molar-refractivity contribution in [2.45, 2.75) is 4.90 Å². The van der Waals surface area contributed by atoms with Gasteiger partial charge in [-0.05, 0) is 12.1 Å². The maximum Gasteiger partial charge on any atom is 0.0990 e. The lowest BCUT2D eigenvalue weighted by atomic mass is 10.2. The van der Waals surface area contributed by atoms with Crippen LogP contribution in [0.15, 0.2) is 65.6 Å². The van der Waals surface area contributed by atoms with Gasteiger partial charge in [-0.25, -0.2) is 0 Å². The molecule has 74 valence electrons. The Balaban J connectivity index is 2.12. The number of thioether (sulfide) groups is 1. The Morgan fingerprint density at radius 2 is 1.33 bits per heavy atom. The maximum atomic E-state index is 7.93. The summed E-state index contributed by atoms with van der Waals surface area (Å²) in [4.78, 5) is 1.10. The van der Waals surface area contributed by atoms with Gasteiger partial charge in [0.2, 0.25) is 0 Å². The predicted molar refractivity (Wildman–Crippen MR) is 65.6 cm³/mol. The van der Waals surface area contributed by atoms with Gasteiger partial charge in [0, 0.05) is 10.5 Å². The van der Waals surface area contributed by atoms with E-state index in [9.17, 15) is 0 Å². The Morgan fingerprint density at radius 1 is 0.800 bits per heavy atom. The van der Waals surface area contributed by atoms with Crippen molar-refractivity contribution in [3.8, 4) is 0 Å². The van der Waals surface area contributed by atoms with E-state index in [-0.39, 0.29) is 0 Å². The van der Waals surface area contributed by atoms with E-state index in [0.717, 1.165) is 10.5 Å². The van der Waals surface area contributed by atoms with Crippen molar-refractivity contribution >= 4 is 16.8 Å². The molecule has 0 saturated heterocycles. The molecular formula is C13H11NS. The Morgan fingerprint density at radius 3 is 1.93 bits per heavy atom. The van der Waals surface area contributed by atoms with Crippen molar-refractivity contribution in [2.24, 2.45) is 0 Å². The first-order valence-electron chi connectivity index (χ1n) is 4.73. The zero-order valence-corrected chi connectivity index (χ0v) is 9.00. The molecule has 0 atom stereocenters. The summed E-state index contributed by atoms with van der Waals surface area (Å²) in [5, 5.41) is 8.52. The van der Waals surface area contributed by atoms with Crippen LogP contribution in [0.1, 0.15) is 5.56 Å². The fourth-order valence-corrected chi connectivity index (χ4v) is 2.04. The minimum Gasteiger partial charge on any atom is -0.293 e. The fourth-order valence-electron chi connectivity index (χ4n) is 1.25. The highest BCUT2D eigenvalue weighted by molar-refractivity contribution is 8.14. The zero-order valence-electron chi connectivity index (χ0n) is 8.18. The number of benzene rings is 2. The molecule has 0 fully saturated rings. The van der Waals surface area contributed by atoms with Crippen molar-refractivity contribution in [3.63, 3.8) is 0 Å². The molecule has 1 N–H and O–H groups in total. The number of rotatable bonds is 2. The molecule has 0 radical (unpaired) electrons. The van der Waals surface area contributed by atoms with Gasteiger partial charge in [0.25, 0.3) is 0 Å². The summed E-state index contributed by atoms with van der Waals surface area (Å²) in [6.45, 7) is 0. The van der Waals surface area contributed by atoms with Crippen LogP contribution in [0, 0.1) is 5.41 Å². The van der Waals surface area contributed by atoms with Crippen LogP contribution in [0.25, 0.3) is 0 Å². The van der Waals surface area contributed by atoms with Crippen LogP contribution in [-0.2, 0) is 0 Å². The summed E-state index contributed by atoms with van der Waals surface area (Å²) in [7, 11) is 0. The summed E-state index contributed by atoms with van der Waals surface area (Å²) in [6.07, 6.45) is 0. The molecule has 2 rings (SSSR count). The molecule has 2 aromatic carbocycles. The standard InChI is InChI=1S/C13H11NS/c14-13(11-7-3-1-4-8-11)15-12-9-5-2-6-10-12/h1-10,14H. The van der Waals surface area contributed by atoms with Crippen LogP contribution < -0.4 is 0 Å². The van der Waals surface area contributed by atoms with Crippen LogP contribution in [0.5, 0.6) is 0 Å². The van der Waals surface area contributed by atoms with E-state index in [1.54, 1.807) is 0 Å². The smallest absolute Gasteiger partial charge is 0.0990 e. The minimum absolute atomic E-state index is 0.585. The lowest BCUT2D eigenvalue weighted by molar-refractivity contribution is 1.46. The van der Waals surface area contributed by atoms with E-state index >= 15 is 0 Å². The molecule has 2 heteroatoms. The summed E-state index contributed by atoms with van der Waals surface area (Å²) in [5.41, 5.74) is 0.964. The average Bonchev–Trinajstić information content (AvgIpc) is 2.31. The molecule has 0 amide bonds. The zero-order chi connectivity index (χ0) is 10.5. The van der Waals surface area contributed by atoms with Crippen LogP contribution in [0.4, 0.5) is 0 Å². The van der Waals surface area contributed by atoms with Crippen molar-refractivity contribution in [2.75, 3.05) is 0 Å². The highest BCUT2D eigenvalue weighted by Gasteiger charge is 2.01. The molecule has 0 aliphatic carbocycles. The van der Waals surface area contributed by atoms with Crippen molar-refractivity contribution < 1.29 is 0 Å². The third-order valence-corrected chi connectivity index (χ3v) is 2.95. The molecule has 0 unspecified atom stereocenters. The molecule has 1 nitrogen and oxygen atoms in total. The van der Waals surface area contributed by atoms with Crippen LogP contribution in [0.2, 0.25) is 0 Å². The topological polar surface area (TPSA) is 23.9 Å². The van der Waals surface area contributed by atoms with Gasteiger partial charge in [-0.15, -0.1) is 0 Å². The van der Waals surface area contributed by atoms with Crippen molar-refractivity contribution in [3.05, 3.63) is 66.2 Å². The second-order valence-electron chi connectivity index (χ2n) is 3.11. The lowest BCUT2D eigenvalue weighted by Crippen LogP contribution is -1.91. The molecule has 0 heterocycles. The molecule has 0 spiro atoms. The van der Waals surface area contributed by atoms with E-state index < -0.39 is 0 Å². The van der Waals surface area contributed by atoms with E-state index in [2.05, 4.69) is 0 Å². The van der Waals surface area contributed by atoms with Gasteiger partial charge in [0.15, 0.2) is 0 Å². The molecule has 0 bridgehead atoms. The Kier molecular flexibility index (Phi) is 3.20. The Hall–Kier alpha value is -1.54. The summed E-state index contributed by atoms with van der Waals surface area (Å²) >= 11 is 1.48. The minimum atomic E-state index is 0.585. The monoisotopic (exact) mass is 213 g/mol. The molecule has 0 aliphatic heterocycles. The fraction of sp³-hybridized carbons (Fsp3) is 0. The van der Waals surface area contributed by atoms with Crippen LogP contribution >= 0.6 is 11.8 Å². The van der Waals surface area contributed by atoms with E-state index in [4.69, 9.17) is 5.41 Å². The third kappa shape index (κ3) is 2.70. The lowest BCUT2D eigenvalue weighted by Gasteiger charge is -2.02. The number of nitrogens with one attached hydrogen (secondary N) is 1. The van der Waals surface area contributed by atoms with Gasteiger partial charge in [-0.3, -0.25) is 5.41 Å². The second kappa shape index (κ2) is 4.80. The van der Waals surface area contributed by atoms with E-state index in [1.165, 1.54) is 11.8 Å². The highest BCUT2D eigenvalue weighted by atomic mass is 32.2. The first kappa shape index (κ1) is 9.99. The van der Waals surface area contributed by atoms with Crippen molar-refractivity contribution in [1.29, 1.82) is 5.41 Å². The first-order chi connectivity index (χ1) is 7.36. The summed E-state index contributed by atoms with van der Waals surface area (Å²) in [6, 6.07) is 19.8.